The quantitative estimate of drug-likeness (QED) is 0.858. The first-order chi connectivity index (χ1) is 8.79. The minimum Gasteiger partial charge on any atom is -0.325 e. The molecule has 0 saturated carbocycles. The van der Waals surface area contributed by atoms with Crippen LogP contribution in [0.15, 0.2) is 23.1 Å². The number of fused-ring (bicyclic) bond motifs is 1. The second-order valence-electron chi connectivity index (χ2n) is 3.91. The topological polar surface area (TPSA) is 82.5 Å². The van der Waals surface area contributed by atoms with Crippen molar-refractivity contribution in [2.45, 2.75) is 32.4 Å². The molecular formula is C11H15BrN6. The van der Waals surface area contributed by atoms with Gasteiger partial charge in [0, 0.05) is 19.5 Å². The second kappa shape index (κ2) is 6.55. The molecule has 6 nitrogen and oxygen atoms in total. The fourth-order valence-electron chi connectivity index (χ4n) is 1.67. The Labute approximate surface area is 114 Å². The molecular weight excluding hydrogens is 296 g/mol. The van der Waals surface area contributed by atoms with E-state index in [1.165, 1.54) is 12.8 Å². The highest BCUT2D eigenvalue weighted by Crippen LogP contribution is 2.09. The molecule has 0 saturated heterocycles. The molecule has 3 heterocycles. The molecule has 0 fully saturated rings. The molecule has 2 aromatic rings. The summed E-state index contributed by atoms with van der Waals surface area (Å²) in [6.07, 6.45) is 5.29. The summed E-state index contributed by atoms with van der Waals surface area (Å²) in [6, 6.07) is 3.65. The lowest BCUT2D eigenvalue weighted by Gasteiger charge is -2.09. The van der Waals surface area contributed by atoms with Gasteiger partial charge in [-0.05, 0) is 40.9 Å². The zero-order valence-electron chi connectivity index (χ0n) is 9.96. The molecule has 7 heteroatoms. The number of aromatic nitrogens is 5. The molecule has 0 atom stereocenters. The van der Waals surface area contributed by atoms with Gasteiger partial charge in [-0.1, -0.05) is 0 Å². The van der Waals surface area contributed by atoms with Crippen LogP contribution in [0.4, 0.5) is 0 Å². The Balaban J connectivity index is 0.000000134. The summed E-state index contributed by atoms with van der Waals surface area (Å²) in [4.78, 5) is 4.11. The Morgan fingerprint density at radius 1 is 1.28 bits per heavy atom. The van der Waals surface area contributed by atoms with Gasteiger partial charge < -0.3 is 5.73 Å². The van der Waals surface area contributed by atoms with Crippen LogP contribution in [-0.4, -0.2) is 25.0 Å². The lowest BCUT2D eigenvalue weighted by Crippen LogP contribution is -2.11. The van der Waals surface area contributed by atoms with Gasteiger partial charge in [-0.25, -0.2) is 4.98 Å². The first kappa shape index (κ1) is 13.1. The van der Waals surface area contributed by atoms with Crippen LogP contribution in [0.2, 0.25) is 0 Å². The first-order valence-electron chi connectivity index (χ1n) is 5.84. The van der Waals surface area contributed by atoms with Crippen LogP contribution in [0, 0.1) is 0 Å². The van der Waals surface area contributed by atoms with Gasteiger partial charge in [-0.15, -0.1) is 5.10 Å². The van der Waals surface area contributed by atoms with Crippen LogP contribution in [0.1, 0.15) is 24.4 Å². The Morgan fingerprint density at radius 2 is 2.17 bits per heavy atom. The minimum absolute atomic E-state index is 0.445. The monoisotopic (exact) mass is 310 g/mol. The van der Waals surface area contributed by atoms with Crippen LogP contribution in [0.5, 0.6) is 0 Å². The number of nitrogens with zero attached hydrogens (tertiary/aromatic N) is 5. The zero-order valence-corrected chi connectivity index (χ0v) is 11.5. The van der Waals surface area contributed by atoms with Gasteiger partial charge in [-0.3, -0.25) is 4.68 Å². The maximum absolute atomic E-state index is 5.28. The average Bonchev–Trinajstić information content (AvgIpc) is 2.89. The summed E-state index contributed by atoms with van der Waals surface area (Å²) in [5.41, 5.74) is 6.09. The number of hydrogen-bond donors (Lipinski definition) is 1. The van der Waals surface area contributed by atoms with Crippen molar-refractivity contribution in [3.05, 3.63) is 34.6 Å². The van der Waals surface area contributed by atoms with E-state index < -0.39 is 0 Å². The predicted octanol–water partition coefficient (Wildman–Crippen LogP) is 1.31. The Hall–Kier alpha value is -1.34. The van der Waals surface area contributed by atoms with Crippen LogP contribution >= 0.6 is 15.9 Å². The lowest BCUT2D eigenvalue weighted by molar-refractivity contribution is 0.479. The molecule has 18 heavy (non-hydrogen) atoms. The van der Waals surface area contributed by atoms with Crippen LogP contribution in [0.25, 0.3) is 0 Å². The van der Waals surface area contributed by atoms with Crippen molar-refractivity contribution >= 4 is 15.9 Å². The Bertz CT molecular complexity index is 460. The lowest BCUT2D eigenvalue weighted by atomic mass is 10.2. The number of nitrogens with two attached hydrogens (primary N) is 1. The van der Waals surface area contributed by atoms with Crippen LogP contribution in [-0.2, 0) is 19.5 Å². The van der Waals surface area contributed by atoms with E-state index in [0.717, 1.165) is 29.1 Å². The SMILES string of the molecule is NCc1ccc(Br)nn1.c1nc2n(n1)CCCC2. The minimum atomic E-state index is 0.445. The van der Waals surface area contributed by atoms with E-state index in [1.807, 2.05) is 16.8 Å². The molecule has 0 unspecified atom stereocenters. The van der Waals surface area contributed by atoms with E-state index in [-0.39, 0.29) is 0 Å². The van der Waals surface area contributed by atoms with E-state index in [4.69, 9.17) is 5.73 Å². The zero-order chi connectivity index (χ0) is 12.8. The first-order valence-corrected chi connectivity index (χ1v) is 6.64. The number of rotatable bonds is 1. The highest BCUT2D eigenvalue weighted by Gasteiger charge is 2.08. The molecule has 0 spiro atoms. The van der Waals surface area contributed by atoms with Crippen molar-refractivity contribution < 1.29 is 0 Å². The van der Waals surface area contributed by atoms with E-state index in [0.29, 0.717) is 6.54 Å². The molecule has 3 rings (SSSR count). The van der Waals surface area contributed by atoms with Gasteiger partial charge >= 0.3 is 0 Å². The summed E-state index contributed by atoms with van der Waals surface area (Å²) >= 11 is 3.16. The fourth-order valence-corrected chi connectivity index (χ4v) is 1.88. The van der Waals surface area contributed by atoms with Crippen molar-refractivity contribution in [2.75, 3.05) is 0 Å². The van der Waals surface area contributed by atoms with Crippen molar-refractivity contribution in [2.24, 2.45) is 5.73 Å². The van der Waals surface area contributed by atoms with Gasteiger partial charge in [0.1, 0.15) is 16.8 Å². The van der Waals surface area contributed by atoms with Gasteiger partial charge in [0.15, 0.2) is 0 Å². The summed E-state index contributed by atoms with van der Waals surface area (Å²) in [5.74, 6) is 1.15. The highest BCUT2D eigenvalue weighted by atomic mass is 79.9. The van der Waals surface area contributed by atoms with Crippen molar-refractivity contribution in [3.63, 3.8) is 0 Å². The molecule has 1 aliphatic rings. The third kappa shape index (κ3) is 3.58. The smallest absolute Gasteiger partial charge is 0.138 e. The summed E-state index contributed by atoms with van der Waals surface area (Å²) in [7, 11) is 0. The van der Waals surface area contributed by atoms with Crippen LogP contribution in [0.3, 0.4) is 0 Å². The number of halogens is 1. The fraction of sp³-hybridized carbons (Fsp3) is 0.455. The third-order valence-electron chi connectivity index (χ3n) is 2.61. The van der Waals surface area contributed by atoms with Gasteiger partial charge in [0.25, 0.3) is 0 Å². The molecule has 0 radical (unpaired) electrons. The highest BCUT2D eigenvalue weighted by molar-refractivity contribution is 9.10. The molecule has 0 aromatic carbocycles. The maximum Gasteiger partial charge on any atom is 0.138 e. The molecule has 0 aliphatic carbocycles. The average molecular weight is 311 g/mol. The van der Waals surface area contributed by atoms with Crippen molar-refractivity contribution in [1.29, 1.82) is 0 Å². The van der Waals surface area contributed by atoms with E-state index in [9.17, 15) is 0 Å². The van der Waals surface area contributed by atoms with Crippen molar-refractivity contribution in [3.8, 4) is 0 Å². The molecule has 0 bridgehead atoms. The molecule has 2 aromatic heterocycles. The summed E-state index contributed by atoms with van der Waals surface area (Å²) in [6.45, 7) is 1.51. The van der Waals surface area contributed by atoms with E-state index in [2.05, 4.69) is 36.2 Å². The second-order valence-corrected chi connectivity index (χ2v) is 4.72. The Morgan fingerprint density at radius 3 is 2.83 bits per heavy atom. The summed E-state index contributed by atoms with van der Waals surface area (Å²) < 4.78 is 2.73. The number of aryl methyl sites for hydroxylation is 2. The molecule has 2 N–H and O–H groups in total. The normalized spacial score (nSPS) is 13.4. The number of hydrogen-bond acceptors (Lipinski definition) is 5. The van der Waals surface area contributed by atoms with E-state index in [1.54, 1.807) is 6.33 Å². The molecule has 0 amide bonds. The van der Waals surface area contributed by atoms with Crippen LogP contribution < -0.4 is 5.73 Å². The van der Waals surface area contributed by atoms with Crippen molar-refractivity contribution in [1.82, 2.24) is 25.0 Å². The Kier molecular flexibility index (Phi) is 4.77. The standard InChI is InChI=1S/C6H9N3.C5H6BrN3/c1-2-4-9-6(3-1)7-5-8-9;6-5-2-1-4(3-7)8-9-5/h5H,1-4H2;1-2H,3,7H2. The summed E-state index contributed by atoms with van der Waals surface area (Å²) in [5, 5.41) is 11.6. The molecule has 96 valence electrons. The largest absolute Gasteiger partial charge is 0.325 e. The maximum atomic E-state index is 5.28. The van der Waals surface area contributed by atoms with Gasteiger partial charge in [0.2, 0.25) is 0 Å². The third-order valence-corrected chi connectivity index (χ3v) is 3.04. The predicted molar refractivity (Wildman–Crippen MR) is 70.6 cm³/mol. The van der Waals surface area contributed by atoms with Gasteiger partial charge in [0.05, 0.1) is 5.69 Å². The van der Waals surface area contributed by atoms with E-state index >= 15 is 0 Å². The molecule has 1 aliphatic heterocycles. The van der Waals surface area contributed by atoms with Gasteiger partial charge in [-0.2, -0.15) is 10.2 Å².